The van der Waals surface area contributed by atoms with Crippen LogP contribution in [0, 0.1) is 11.8 Å². The van der Waals surface area contributed by atoms with Crippen LogP contribution in [-0.4, -0.2) is 35.7 Å². The first-order valence-corrected chi connectivity index (χ1v) is 11.2. The van der Waals surface area contributed by atoms with Crippen LogP contribution < -0.4 is 4.74 Å². The van der Waals surface area contributed by atoms with Crippen LogP contribution in [0.2, 0.25) is 0 Å². The van der Waals surface area contributed by atoms with E-state index in [-0.39, 0.29) is 0 Å². The minimum absolute atomic E-state index is 0.404. The summed E-state index contributed by atoms with van der Waals surface area (Å²) < 4.78 is 6.80. The molecular weight excluding hydrogens is 368 g/mol. The van der Waals surface area contributed by atoms with Crippen molar-refractivity contribution in [3.63, 3.8) is 0 Å². The Labute approximate surface area is 178 Å². The number of hydrogen-bond donors (Lipinski definition) is 0. The smallest absolute Gasteiger partial charge is 0.119 e. The summed E-state index contributed by atoms with van der Waals surface area (Å²) in [7, 11) is 1.74. The van der Waals surface area contributed by atoms with Gasteiger partial charge in [0.05, 0.1) is 31.6 Å². The molecule has 4 aliphatic heterocycles. The zero-order chi connectivity index (χ0) is 20.3. The molecule has 7 rings (SSSR count). The number of piperidine rings is 3. The number of nitrogens with zero attached hydrogens (tertiary/aromatic N) is 2. The summed E-state index contributed by atoms with van der Waals surface area (Å²) >= 11 is 0. The van der Waals surface area contributed by atoms with E-state index < -0.39 is 0 Å². The van der Waals surface area contributed by atoms with Gasteiger partial charge in [-0.3, -0.25) is 4.98 Å². The van der Waals surface area contributed by atoms with Crippen molar-refractivity contribution in [1.82, 2.24) is 4.98 Å². The number of hydrogen-bond acceptors (Lipinski definition) is 2. The standard InChI is InChI=1S/C27H29N2O/c1-3-18-16-29-13-11-19(18)14-26(29)27(22-7-5-4-6-20(22)17-29)23-10-12-28-25-9-8-21(30-2)15-24(23)25/h3-10,12,15,18-19,26-27H,1,11,13-14,16-17H2,2H3/q+1/t18-,19-,26-,27-,29-/m0/s1. The van der Waals surface area contributed by atoms with E-state index in [4.69, 9.17) is 4.74 Å². The van der Waals surface area contributed by atoms with Crippen LogP contribution in [0.4, 0.5) is 0 Å². The minimum Gasteiger partial charge on any atom is -0.497 e. The van der Waals surface area contributed by atoms with Gasteiger partial charge in [0.2, 0.25) is 0 Å². The second-order valence-electron chi connectivity index (χ2n) is 9.49. The van der Waals surface area contributed by atoms with Gasteiger partial charge in [0, 0.05) is 35.9 Å². The predicted octanol–water partition coefficient (Wildman–Crippen LogP) is 5.30. The van der Waals surface area contributed by atoms with Gasteiger partial charge in [-0.2, -0.15) is 0 Å². The van der Waals surface area contributed by atoms with E-state index in [1.807, 2.05) is 12.3 Å². The fraction of sp³-hybridized carbons (Fsp3) is 0.370. The van der Waals surface area contributed by atoms with E-state index >= 15 is 0 Å². The number of rotatable bonds is 3. The zero-order valence-corrected chi connectivity index (χ0v) is 17.6. The van der Waals surface area contributed by atoms with Crippen molar-refractivity contribution >= 4 is 10.9 Å². The monoisotopic (exact) mass is 397 g/mol. The average molecular weight is 398 g/mol. The van der Waals surface area contributed by atoms with Gasteiger partial charge in [0.1, 0.15) is 18.3 Å². The van der Waals surface area contributed by atoms with Gasteiger partial charge in [-0.25, -0.2) is 0 Å². The molecule has 5 atom stereocenters. The Balaban J connectivity index is 1.58. The SMILES string of the molecule is C=C[C@H]1C[N@+]23CC[C@H]1C[C@H]2[C@H](c1ccnc2ccc(OC)cc12)c1ccccc1C3. The molecule has 3 nitrogen and oxygen atoms in total. The Morgan fingerprint density at radius 1 is 1.13 bits per heavy atom. The van der Waals surface area contributed by atoms with Crippen LogP contribution in [0.3, 0.4) is 0 Å². The van der Waals surface area contributed by atoms with Crippen molar-refractivity contribution in [1.29, 1.82) is 0 Å². The van der Waals surface area contributed by atoms with E-state index in [1.54, 1.807) is 7.11 Å². The fourth-order valence-corrected chi connectivity index (χ4v) is 6.85. The molecule has 0 unspecified atom stereocenters. The molecule has 0 saturated carbocycles. The van der Waals surface area contributed by atoms with Gasteiger partial charge in [-0.05, 0) is 41.3 Å². The maximum Gasteiger partial charge on any atom is 0.119 e. The Kier molecular flexibility index (Phi) is 4.04. The molecule has 3 fully saturated rings. The quantitative estimate of drug-likeness (QED) is 0.442. The van der Waals surface area contributed by atoms with E-state index in [9.17, 15) is 0 Å². The Hall–Kier alpha value is -2.65. The number of aromatic nitrogens is 1. The molecule has 0 N–H and O–H groups in total. The molecule has 3 heteroatoms. The molecule has 3 aromatic rings. The van der Waals surface area contributed by atoms with Crippen LogP contribution in [0.15, 0.2) is 67.4 Å². The lowest BCUT2D eigenvalue weighted by Crippen LogP contribution is -2.69. The van der Waals surface area contributed by atoms with Gasteiger partial charge in [-0.15, -0.1) is 6.58 Å². The molecule has 2 aromatic carbocycles. The van der Waals surface area contributed by atoms with Crippen molar-refractivity contribution in [2.75, 3.05) is 20.2 Å². The molecule has 0 amide bonds. The molecule has 2 bridgehead atoms. The largest absolute Gasteiger partial charge is 0.497 e. The Bertz CT molecular complexity index is 1140. The number of pyridine rings is 1. The summed E-state index contributed by atoms with van der Waals surface area (Å²) in [6.45, 7) is 7.90. The lowest BCUT2D eigenvalue weighted by Gasteiger charge is -2.61. The van der Waals surface area contributed by atoms with E-state index in [0.717, 1.165) is 17.2 Å². The number of fused-ring (bicyclic) bond motifs is 4. The van der Waals surface area contributed by atoms with Gasteiger partial charge in [0.25, 0.3) is 0 Å². The van der Waals surface area contributed by atoms with Crippen molar-refractivity contribution in [3.05, 3.63) is 84.1 Å². The molecule has 4 aliphatic rings. The summed E-state index contributed by atoms with van der Waals surface area (Å²) in [5, 5.41) is 1.24. The van der Waals surface area contributed by atoms with Crippen LogP contribution in [0.1, 0.15) is 35.4 Å². The number of benzene rings is 2. The highest BCUT2D eigenvalue weighted by Gasteiger charge is 2.56. The first-order chi connectivity index (χ1) is 14.7. The molecular formula is C27H29N2O+. The van der Waals surface area contributed by atoms with E-state index in [1.165, 1.54) is 59.0 Å². The third kappa shape index (κ3) is 2.51. The molecule has 0 radical (unpaired) electrons. The predicted molar refractivity (Wildman–Crippen MR) is 120 cm³/mol. The van der Waals surface area contributed by atoms with Crippen molar-refractivity contribution in [3.8, 4) is 5.75 Å². The minimum atomic E-state index is 0.404. The number of quaternary nitrogens is 1. The van der Waals surface area contributed by atoms with Crippen LogP contribution in [0.5, 0.6) is 5.75 Å². The van der Waals surface area contributed by atoms with Crippen molar-refractivity contribution in [2.24, 2.45) is 11.8 Å². The van der Waals surface area contributed by atoms with Crippen molar-refractivity contribution in [2.45, 2.75) is 31.3 Å². The number of ether oxygens (including phenoxy) is 1. The Morgan fingerprint density at radius 2 is 2.03 bits per heavy atom. The lowest BCUT2D eigenvalue weighted by molar-refractivity contribution is -0.984. The van der Waals surface area contributed by atoms with Crippen molar-refractivity contribution < 1.29 is 9.22 Å². The Morgan fingerprint density at radius 3 is 2.90 bits per heavy atom. The highest BCUT2D eigenvalue weighted by atomic mass is 16.5. The maximum atomic E-state index is 5.57. The van der Waals surface area contributed by atoms with Crippen LogP contribution in [-0.2, 0) is 6.54 Å². The average Bonchev–Trinajstić information content (AvgIpc) is 2.81. The van der Waals surface area contributed by atoms with Crippen LogP contribution >= 0.6 is 0 Å². The topological polar surface area (TPSA) is 22.1 Å². The van der Waals surface area contributed by atoms with Gasteiger partial charge < -0.3 is 9.22 Å². The molecule has 5 heterocycles. The zero-order valence-electron chi connectivity index (χ0n) is 17.6. The summed E-state index contributed by atoms with van der Waals surface area (Å²) in [4.78, 5) is 4.67. The first-order valence-electron chi connectivity index (χ1n) is 11.2. The molecule has 0 aliphatic carbocycles. The van der Waals surface area contributed by atoms with E-state index in [2.05, 4.69) is 60.1 Å². The summed E-state index contributed by atoms with van der Waals surface area (Å²) in [6.07, 6.45) is 6.87. The van der Waals surface area contributed by atoms with Gasteiger partial charge in [-0.1, -0.05) is 30.3 Å². The third-order valence-electron chi connectivity index (χ3n) is 8.25. The second-order valence-corrected chi connectivity index (χ2v) is 9.49. The molecule has 1 spiro atoms. The normalized spacial score (nSPS) is 31.8. The summed E-state index contributed by atoms with van der Waals surface area (Å²) in [6, 6.07) is 18.3. The molecule has 1 aromatic heterocycles. The maximum absolute atomic E-state index is 5.57. The third-order valence-corrected chi connectivity index (χ3v) is 8.25. The van der Waals surface area contributed by atoms with Gasteiger partial charge in [0.15, 0.2) is 0 Å². The van der Waals surface area contributed by atoms with Crippen LogP contribution in [0.25, 0.3) is 10.9 Å². The molecule has 30 heavy (non-hydrogen) atoms. The number of methoxy groups -OCH3 is 1. The van der Waals surface area contributed by atoms with Gasteiger partial charge >= 0.3 is 0 Å². The first kappa shape index (κ1) is 18.1. The summed E-state index contributed by atoms with van der Waals surface area (Å²) in [5.74, 6) is 2.75. The molecule has 152 valence electrons. The van der Waals surface area contributed by atoms with E-state index in [0.29, 0.717) is 17.9 Å². The lowest BCUT2D eigenvalue weighted by atomic mass is 9.65. The highest BCUT2D eigenvalue weighted by molar-refractivity contribution is 5.84. The fourth-order valence-electron chi connectivity index (χ4n) is 6.85. The second kappa shape index (κ2) is 6.68. The summed E-state index contributed by atoms with van der Waals surface area (Å²) in [5.41, 5.74) is 5.51. The molecule has 3 saturated heterocycles. The highest BCUT2D eigenvalue weighted by Crippen LogP contribution is 2.53.